The third-order valence-corrected chi connectivity index (χ3v) is 7.05. The summed E-state index contributed by atoms with van der Waals surface area (Å²) in [6, 6.07) is 8.00. The van der Waals surface area contributed by atoms with E-state index in [-0.39, 0.29) is 29.3 Å². The maximum atomic E-state index is 12.7. The van der Waals surface area contributed by atoms with Gasteiger partial charge in [0.05, 0.1) is 17.6 Å². The Balaban J connectivity index is 1.67. The summed E-state index contributed by atoms with van der Waals surface area (Å²) in [5.41, 5.74) is -0.131. The number of aliphatic hydroxyl groups is 1. The zero-order valence-corrected chi connectivity index (χ0v) is 18.7. The van der Waals surface area contributed by atoms with Crippen molar-refractivity contribution in [1.82, 2.24) is 9.55 Å². The fourth-order valence-electron chi connectivity index (χ4n) is 3.90. The lowest BCUT2D eigenvalue weighted by atomic mass is 9.85. The molecule has 0 aliphatic heterocycles. The number of hydrogen-bond donors (Lipinski definition) is 2. The van der Waals surface area contributed by atoms with Gasteiger partial charge in [-0.05, 0) is 38.3 Å². The number of rotatable bonds is 8. The van der Waals surface area contributed by atoms with Crippen LogP contribution in [-0.2, 0) is 20.8 Å². The molecule has 1 aromatic heterocycles. The first-order valence-electron chi connectivity index (χ1n) is 10.6. The first kappa shape index (κ1) is 23.9. The van der Waals surface area contributed by atoms with Crippen LogP contribution in [-0.4, -0.2) is 35.8 Å². The zero-order valence-electron chi connectivity index (χ0n) is 17.9. The highest BCUT2D eigenvalue weighted by Gasteiger charge is 2.24. The van der Waals surface area contributed by atoms with E-state index in [4.69, 9.17) is 4.18 Å². The van der Waals surface area contributed by atoms with E-state index in [1.165, 1.54) is 12.1 Å². The third kappa shape index (κ3) is 5.54. The van der Waals surface area contributed by atoms with Gasteiger partial charge >= 0.3 is 5.69 Å². The van der Waals surface area contributed by atoms with Crippen LogP contribution < -0.4 is 11.2 Å². The predicted octanol–water partition coefficient (Wildman–Crippen LogP) is 1.92. The second-order valence-electron chi connectivity index (χ2n) is 8.12. The van der Waals surface area contributed by atoms with E-state index in [1.807, 2.05) is 13.0 Å². The van der Waals surface area contributed by atoms with Crippen molar-refractivity contribution in [3.63, 3.8) is 0 Å². The Hall–Kier alpha value is -2.74. The third-order valence-electron chi connectivity index (χ3n) is 5.75. The largest absolute Gasteiger partial charge is 0.391 e. The van der Waals surface area contributed by atoms with Gasteiger partial charge in [-0.3, -0.25) is 13.5 Å². The van der Waals surface area contributed by atoms with Crippen LogP contribution in [0, 0.1) is 18.3 Å². The summed E-state index contributed by atoms with van der Waals surface area (Å²) in [7, 11) is -4.04. The number of nitrogens with zero attached hydrogens (tertiary/aromatic N) is 2. The number of aryl methyl sites for hydroxylation is 1. The molecule has 1 fully saturated rings. The lowest BCUT2D eigenvalue weighted by Gasteiger charge is -2.22. The zero-order chi connectivity index (χ0) is 23.3. The number of nitriles is 1. The van der Waals surface area contributed by atoms with Crippen molar-refractivity contribution >= 4 is 10.1 Å². The molecule has 10 heteroatoms. The fourth-order valence-corrected chi connectivity index (χ4v) is 4.84. The summed E-state index contributed by atoms with van der Waals surface area (Å²) in [5, 5.41) is 19.6. The average Bonchev–Trinajstić information content (AvgIpc) is 2.78. The van der Waals surface area contributed by atoms with E-state index in [0.717, 1.165) is 42.2 Å². The molecule has 1 atom stereocenters. The highest BCUT2D eigenvalue weighted by atomic mass is 32.2. The number of benzene rings is 1. The molecular weight excluding hydrogens is 434 g/mol. The molecule has 0 amide bonds. The van der Waals surface area contributed by atoms with Gasteiger partial charge < -0.3 is 10.1 Å². The normalized spacial score (nSPS) is 15.9. The molecule has 2 N–H and O–H groups in total. The molecular formula is C22H27N3O6S. The molecule has 32 heavy (non-hydrogen) atoms. The van der Waals surface area contributed by atoms with E-state index in [9.17, 15) is 28.4 Å². The number of aromatic amines is 1. The van der Waals surface area contributed by atoms with Gasteiger partial charge in [0.15, 0.2) is 0 Å². The number of nitrogens with one attached hydrogen (secondary N) is 1. The Labute approximate surface area is 186 Å². The summed E-state index contributed by atoms with van der Waals surface area (Å²) in [6.07, 6.45) is 3.37. The summed E-state index contributed by atoms with van der Waals surface area (Å²) >= 11 is 0. The number of aromatic nitrogens is 2. The Kier molecular flexibility index (Phi) is 7.66. The smallest absolute Gasteiger partial charge is 0.328 e. The van der Waals surface area contributed by atoms with Crippen molar-refractivity contribution in [1.29, 1.82) is 5.26 Å². The minimum atomic E-state index is -4.04. The van der Waals surface area contributed by atoms with Gasteiger partial charge in [-0.1, -0.05) is 37.0 Å². The maximum absolute atomic E-state index is 12.7. The molecule has 1 aromatic carbocycles. The lowest BCUT2D eigenvalue weighted by molar-refractivity contribution is 0.0982. The molecule has 172 valence electrons. The molecule has 2 aromatic rings. The summed E-state index contributed by atoms with van der Waals surface area (Å²) in [5.74, 6) is -0.0144. The molecule has 0 saturated heterocycles. The number of hydrogen-bond acceptors (Lipinski definition) is 7. The van der Waals surface area contributed by atoms with Crippen molar-refractivity contribution in [2.45, 2.75) is 68.9 Å². The second kappa shape index (κ2) is 10.3. The molecule has 9 nitrogen and oxygen atoms in total. The minimum Gasteiger partial charge on any atom is -0.391 e. The molecule has 1 aliphatic rings. The predicted molar refractivity (Wildman–Crippen MR) is 117 cm³/mol. The molecule has 0 spiro atoms. The Morgan fingerprint density at radius 1 is 1.22 bits per heavy atom. The minimum absolute atomic E-state index is 0.0144. The van der Waals surface area contributed by atoms with Crippen LogP contribution in [0.25, 0.3) is 0 Å². The van der Waals surface area contributed by atoms with Gasteiger partial charge in [0.2, 0.25) is 0 Å². The number of H-pyrrole nitrogens is 1. The first-order valence-corrected chi connectivity index (χ1v) is 12.0. The van der Waals surface area contributed by atoms with Crippen molar-refractivity contribution in [2.24, 2.45) is 0 Å². The highest BCUT2D eigenvalue weighted by molar-refractivity contribution is 7.86. The van der Waals surface area contributed by atoms with Crippen LogP contribution in [0.1, 0.15) is 61.3 Å². The molecule has 0 radical (unpaired) electrons. The lowest BCUT2D eigenvalue weighted by Crippen LogP contribution is -2.39. The summed E-state index contributed by atoms with van der Waals surface area (Å²) < 4.78 is 30.2. The average molecular weight is 462 g/mol. The van der Waals surface area contributed by atoms with E-state index in [1.54, 1.807) is 12.1 Å². The van der Waals surface area contributed by atoms with Crippen molar-refractivity contribution in [2.75, 3.05) is 6.61 Å². The topological polar surface area (TPSA) is 142 Å². The van der Waals surface area contributed by atoms with Crippen molar-refractivity contribution in [3.8, 4) is 6.07 Å². The van der Waals surface area contributed by atoms with E-state index < -0.39 is 34.1 Å². The Bertz CT molecular complexity index is 1200. The number of aliphatic hydroxyl groups excluding tert-OH is 1. The Morgan fingerprint density at radius 2 is 1.88 bits per heavy atom. The highest BCUT2D eigenvalue weighted by Crippen LogP contribution is 2.31. The van der Waals surface area contributed by atoms with Crippen molar-refractivity contribution in [3.05, 3.63) is 61.9 Å². The summed E-state index contributed by atoms with van der Waals surface area (Å²) in [6.45, 7) is 1.13. The molecule has 0 bridgehead atoms. The van der Waals surface area contributed by atoms with E-state index >= 15 is 0 Å². The first-order chi connectivity index (χ1) is 15.2. The van der Waals surface area contributed by atoms with E-state index in [0.29, 0.717) is 5.69 Å². The maximum Gasteiger partial charge on any atom is 0.328 e. The van der Waals surface area contributed by atoms with Crippen LogP contribution in [0.2, 0.25) is 0 Å². The second-order valence-corrected chi connectivity index (χ2v) is 9.73. The quantitative estimate of drug-likeness (QED) is 0.572. The molecule has 1 heterocycles. The van der Waals surface area contributed by atoms with Crippen LogP contribution in [0.5, 0.6) is 0 Å². The van der Waals surface area contributed by atoms with Gasteiger partial charge in [0, 0.05) is 18.2 Å². The van der Waals surface area contributed by atoms with Crippen LogP contribution in [0.15, 0.2) is 38.8 Å². The standard InChI is InChI=1S/C22H27N3O6S/c1-15-7-9-18(10-8-15)32(29,30)31-14-17(26)11-12-25-21(27)19(13-23)20(24-22(25)28)16-5-3-2-4-6-16/h7-10,16-17,26H,2-6,11-12,14H2,1H3,(H,24,28). The summed E-state index contributed by atoms with van der Waals surface area (Å²) in [4.78, 5) is 27.9. The Morgan fingerprint density at radius 3 is 2.50 bits per heavy atom. The van der Waals surface area contributed by atoms with Gasteiger partial charge in [-0.15, -0.1) is 0 Å². The van der Waals surface area contributed by atoms with Crippen LogP contribution >= 0.6 is 0 Å². The molecule has 3 rings (SSSR count). The van der Waals surface area contributed by atoms with Crippen LogP contribution in [0.3, 0.4) is 0 Å². The monoisotopic (exact) mass is 461 g/mol. The van der Waals surface area contributed by atoms with Crippen molar-refractivity contribution < 1.29 is 17.7 Å². The van der Waals surface area contributed by atoms with Gasteiger partial charge in [0.25, 0.3) is 15.7 Å². The van der Waals surface area contributed by atoms with Gasteiger partial charge in [0.1, 0.15) is 11.6 Å². The van der Waals surface area contributed by atoms with E-state index in [2.05, 4.69) is 4.98 Å². The SMILES string of the molecule is Cc1ccc(S(=O)(=O)OCC(O)CCn2c(=O)[nH]c(C3CCCCC3)c(C#N)c2=O)cc1. The molecule has 1 saturated carbocycles. The molecule has 1 unspecified atom stereocenters. The molecule has 1 aliphatic carbocycles. The fraction of sp³-hybridized carbons (Fsp3) is 0.500. The van der Waals surface area contributed by atoms with Gasteiger partial charge in [-0.2, -0.15) is 13.7 Å². The van der Waals surface area contributed by atoms with Crippen LogP contribution in [0.4, 0.5) is 0 Å². The van der Waals surface area contributed by atoms with Gasteiger partial charge in [-0.25, -0.2) is 4.79 Å².